The second kappa shape index (κ2) is 10.4. The average molecular weight is 436 g/mol. The number of sulfonamides is 1. The van der Waals surface area contributed by atoms with Crippen LogP contribution in [0, 0.1) is 0 Å². The first kappa shape index (κ1) is 22.7. The number of amides is 2. The Morgan fingerprint density at radius 2 is 1.73 bits per heavy atom. The van der Waals surface area contributed by atoms with Gasteiger partial charge in [0.25, 0.3) is 5.91 Å². The zero-order chi connectivity index (χ0) is 21.6. The van der Waals surface area contributed by atoms with Gasteiger partial charge in [-0.1, -0.05) is 25.3 Å². The number of nitrogens with one attached hydrogen (secondary N) is 1. The lowest BCUT2D eigenvalue weighted by molar-refractivity contribution is -0.131. The van der Waals surface area contributed by atoms with Gasteiger partial charge in [-0.2, -0.15) is 4.31 Å². The number of hydrogen-bond donors (Lipinski definition) is 1. The Kier molecular flexibility index (Phi) is 7.88. The van der Waals surface area contributed by atoms with Gasteiger partial charge in [0.2, 0.25) is 15.9 Å². The number of carbonyl (C=O) groups is 2. The van der Waals surface area contributed by atoms with E-state index in [0.29, 0.717) is 12.1 Å². The van der Waals surface area contributed by atoms with Gasteiger partial charge in [0.1, 0.15) is 0 Å². The maximum absolute atomic E-state index is 13.0. The first-order valence-electron chi connectivity index (χ1n) is 11.1. The molecule has 2 amide bonds. The van der Waals surface area contributed by atoms with Crippen molar-refractivity contribution < 1.29 is 18.0 Å². The summed E-state index contributed by atoms with van der Waals surface area (Å²) in [5, 5.41) is 2.76. The minimum Gasteiger partial charge on any atom is -0.352 e. The van der Waals surface area contributed by atoms with Crippen LogP contribution in [-0.4, -0.2) is 61.7 Å². The van der Waals surface area contributed by atoms with E-state index in [1.54, 1.807) is 12.1 Å². The zero-order valence-electron chi connectivity index (χ0n) is 17.8. The van der Waals surface area contributed by atoms with E-state index >= 15 is 0 Å². The summed E-state index contributed by atoms with van der Waals surface area (Å²) in [6.07, 6.45) is 7.40. The summed E-state index contributed by atoms with van der Waals surface area (Å²) in [7, 11) is -3.63. The van der Waals surface area contributed by atoms with Crippen molar-refractivity contribution in [2.24, 2.45) is 0 Å². The van der Waals surface area contributed by atoms with E-state index in [2.05, 4.69) is 5.32 Å². The van der Waals surface area contributed by atoms with Gasteiger partial charge in [0.05, 0.1) is 4.90 Å². The molecule has 1 atom stereocenters. The second-order valence-corrected chi connectivity index (χ2v) is 10.2. The van der Waals surface area contributed by atoms with Crippen molar-refractivity contribution in [1.82, 2.24) is 14.5 Å². The molecule has 2 aliphatic rings. The van der Waals surface area contributed by atoms with Gasteiger partial charge in [-0.25, -0.2) is 8.42 Å². The maximum atomic E-state index is 13.0. The molecule has 2 heterocycles. The van der Waals surface area contributed by atoms with Crippen molar-refractivity contribution in [1.29, 1.82) is 0 Å². The number of benzene rings is 1. The quantitative estimate of drug-likeness (QED) is 0.744. The molecule has 0 saturated carbocycles. The van der Waals surface area contributed by atoms with Crippen molar-refractivity contribution in [3.05, 3.63) is 29.8 Å². The third kappa shape index (κ3) is 5.60. The fourth-order valence-corrected chi connectivity index (χ4v) is 5.97. The SMILES string of the molecule is CC1CCCCN1S(=O)(=O)c1cccc(C(=O)NCCC(=O)N2CCCCCC2)c1. The Labute approximate surface area is 179 Å². The molecule has 1 unspecified atom stereocenters. The minimum atomic E-state index is -3.63. The molecular formula is C22H33N3O4S. The van der Waals surface area contributed by atoms with E-state index in [0.717, 1.165) is 58.0 Å². The van der Waals surface area contributed by atoms with Crippen LogP contribution in [0.3, 0.4) is 0 Å². The summed E-state index contributed by atoms with van der Waals surface area (Å²) >= 11 is 0. The fraction of sp³-hybridized carbons (Fsp3) is 0.636. The number of rotatable bonds is 6. The molecule has 30 heavy (non-hydrogen) atoms. The van der Waals surface area contributed by atoms with Gasteiger partial charge >= 0.3 is 0 Å². The van der Waals surface area contributed by atoms with Crippen LogP contribution in [0.2, 0.25) is 0 Å². The molecule has 166 valence electrons. The van der Waals surface area contributed by atoms with E-state index in [9.17, 15) is 18.0 Å². The van der Waals surface area contributed by atoms with Crippen LogP contribution in [0.15, 0.2) is 29.2 Å². The summed E-state index contributed by atoms with van der Waals surface area (Å²) in [6.45, 7) is 4.27. The number of piperidine rings is 1. The molecule has 1 aromatic carbocycles. The van der Waals surface area contributed by atoms with Crippen LogP contribution in [0.4, 0.5) is 0 Å². The molecule has 0 bridgehead atoms. The Hall–Kier alpha value is -1.93. The van der Waals surface area contributed by atoms with E-state index in [4.69, 9.17) is 0 Å². The summed E-state index contributed by atoms with van der Waals surface area (Å²) in [6, 6.07) is 6.13. The van der Waals surface area contributed by atoms with Crippen LogP contribution in [0.1, 0.15) is 68.6 Å². The highest BCUT2D eigenvalue weighted by atomic mass is 32.2. The lowest BCUT2D eigenvalue weighted by Gasteiger charge is -2.32. The summed E-state index contributed by atoms with van der Waals surface area (Å²) in [4.78, 5) is 26.9. The summed E-state index contributed by atoms with van der Waals surface area (Å²) in [5.41, 5.74) is 0.294. The number of hydrogen-bond acceptors (Lipinski definition) is 4. The van der Waals surface area contributed by atoms with Crippen molar-refractivity contribution in [3.63, 3.8) is 0 Å². The molecule has 1 aromatic rings. The Bertz CT molecular complexity index is 848. The van der Waals surface area contributed by atoms with Gasteiger partial charge < -0.3 is 10.2 Å². The van der Waals surface area contributed by atoms with Crippen molar-refractivity contribution >= 4 is 21.8 Å². The van der Waals surface area contributed by atoms with Crippen LogP contribution < -0.4 is 5.32 Å². The summed E-state index contributed by atoms with van der Waals surface area (Å²) < 4.78 is 27.6. The topological polar surface area (TPSA) is 86.8 Å². The van der Waals surface area contributed by atoms with Gasteiger partial charge in [-0.15, -0.1) is 0 Å². The zero-order valence-corrected chi connectivity index (χ0v) is 18.6. The molecule has 3 rings (SSSR count). The molecule has 2 fully saturated rings. The monoisotopic (exact) mass is 435 g/mol. The van der Waals surface area contributed by atoms with Crippen LogP contribution in [-0.2, 0) is 14.8 Å². The predicted octanol–water partition coefficient (Wildman–Crippen LogP) is 2.77. The van der Waals surface area contributed by atoms with E-state index < -0.39 is 10.0 Å². The van der Waals surface area contributed by atoms with E-state index in [1.807, 2.05) is 11.8 Å². The van der Waals surface area contributed by atoms with Crippen molar-refractivity contribution in [2.45, 2.75) is 69.2 Å². The van der Waals surface area contributed by atoms with Crippen molar-refractivity contribution in [3.8, 4) is 0 Å². The first-order valence-corrected chi connectivity index (χ1v) is 12.5. The average Bonchev–Trinajstić information content (AvgIpc) is 3.03. The molecule has 7 nitrogen and oxygen atoms in total. The third-order valence-electron chi connectivity index (χ3n) is 6.03. The molecular weight excluding hydrogens is 402 g/mol. The molecule has 0 spiro atoms. The van der Waals surface area contributed by atoms with Gasteiger partial charge in [0.15, 0.2) is 0 Å². The smallest absolute Gasteiger partial charge is 0.251 e. The highest BCUT2D eigenvalue weighted by Crippen LogP contribution is 2.25. The molecule has 2 saturated heterocycles. The van der Waals surface area contributed by atoms with Crippen LogP contribution in [0.5, 0.6) is 0 Å². The maximum Gasteiger partial charge on any atom is 0.251 e. The lowest BCUT2D eigenvalue weighted by Crippen LogP contribution is -2.42. The molecule has 0 aromatic heterocycles. The predicted molar refractivity (Wildman–Crippen MR) is 116 cm³/mol. The van der Waals surface area contributed by atoms with Gasteiger partial charge in [-0.05, 0) is 50.8 Å². The van der Waals surface area contributed by atoms with Crippen molar-refractivity contribution in [2.75, 3.05) is 26.2 Å². The summed E-state index contributed by atoms with van der Waals surface area (Å²) in [5.74, 6) is -0.296. The Morgan fingerprint density at radius 3 is 2.43 bits per heavy atom. The third-order valence-corrected chi connectivity index (χ3v) is 8.04. The van der Waals surface area contributed by atoms with Gasteiger partial charge in [0, 0.05) is 44.2 Å². The number of carbonyl (C=O) groups excluding carboxylic acids is 2. The highest BCUT2D eigenvalue weighted by Gasteiger charge is 2.31. The van der Waals surface area contributed by atoms with E-state index in [-0.39, 0.29) is 35.7 Å². The second-order valence-electron chi connectivity index (χ2n) is 8.29. The molecule has 1 N–H and O–H groups in total. The number of likely N-dealkylation sites (tertiary alicyclic amines) is 1. The molecule has 8 heteroatoms. The molecule has 0 aliphatic carbocycles. The van der Waals surface area contributed by atoms with Gasteiger partial charge in [-0.3, -0.25) is 9.59 Å². The largest absolute Gasteiger partial charge is 0.352 e. The Morgan fingerprint density at radius 1 is 1.03 bits per heavy atom. The normalized spacial score (nSPS) is 21.1. The lowest BCUT2D eigenvalue weighted by atomic mass is 10.1. The Balaban J connectivity index is 1.58. The highest BCUT2D eigenvalue weighted by molar-refractivity contribution is 7.89. The van der Waals surface area contributed by atoms with E-state index in [1.165, 1.54) is 16.4 Å². The molecule has 0 radical (unpaired) electrons. The standard InChI is InChI=1S/C22H33N3O4S/c1-18-9-4-7-16-25(18)30(28,29)20-11-8-10-19(17-20)22(27)23-13-12-21(26)24-14-5-2-3-6-15-24/h8,10-11,17-18H,2-7,9,12-16H2,1H3,(H,23,27). The van der Waals surface area contributed by atoms with Crippen LogP contribution in [0.25, 0.3) is 0 Å². The van der Waals surface area contributed by atoms with Crippen LogP contribution >= 0.6 is 0 Å². The minimum absolute atomic E-state index is 0.0359. The first-order chi connectivity index (χ1) is 14.4. The molecule has 2 aliphatic heterocycles. The number of nitrogens with zero attached hydrogens (tertiary/aromatic N) is 2. The fourth-order valence-electron chi connectivity index (χ4n) is 4.23.